The number of anilines is 3. The number of nitrogens with zero attached hydrogens (tertiary/aromatic N) is 7. The summed E-state index contributed by atoms with van der Waals surface area (Å²) in [5.41, 5.74) is 8.41. The third kappa shape index (κ3) is 9.83. The first-order chi connectivity index (χ1) is 34.1. The van der Waals surface area contributed by atoms with Gasteiger partial charge in [-0.05, 0) is 116 Å². The lowest BCUT2D eigenvalue weighted by Gasteiger charge is -2.36. The number of piperidine rings is 1. The number of amides is 3. The normalized spacial score (nSPS) is 16.4. The van der Waals surface area contributed by atoms with Crippen LogP contribution < -0.4 is 25.2 Å². The van der Waals surface area contributed by atoms with Crippen LogP contribution >= 0.6 is 11.3 Å². The van der Waals surface area contributed by atoms with Crippen molar-refractivity contribution in [3.05, 3.63) is 125 Å². The van der Waals surface area contributed by atoms with Crippen molar-refractivity contribution in [2.75, 3.05) is 61.0 Å². The summed E-state index contributed by atoms with van der Waals surface area (Å²) in [6.07, 6.45) is 6.95. The van der Waals surface area contributed by atoms with Crippen LogP contribution in [-0.2, 0) is 29.6 Å². The van der Waals surface area contributed by atoms with Crippen LogP contribution in [-0.4, -0.2) is 99.3 Å². The van der Waals surface area contributed by atoms with Crippen LogP contribution in [0.4, 0.5) is 16.6 Å². The summed E-state index contributed by atoms with van der Waals surface area (Å²) in [4.78, 5) is 67.0. The van der Waals surface area contributed by atoms with Crippen molar-refractivity contribution in [3.63, 3.8) is 0 Å². The Morgan fingerprint density at radius 1 is 0.843 bits per heavy atom. The molecule has 0 radical (unpaired) electrons. The van der Waals surface area contributed by atoms with Crippen molar-refractivity contribution in [3.8, 4) is 16.9 Å². The highest BCUT2D eigenvalue weighted by atomic mass is 32.1. The van der Waals surface area contributed by atoms with Gasteiger partial charge in [0.15, 0.2) is 10.8 Å². The molecule has 360 valence electrons. The molecule has 0 bridgehead atoms. The van der Waals surface area contributed by atoms with Crippen LogP contribution in [0.5, 0.6) is 5.75 Å². The Morgan fingerprint density at radius 2 is 1.66 bits per heavy atom. The molecule has 0 saturated carbocycles. The Hall–Kier alpha value is -7.17. The Kier molecular flexibility index (Phi) is 13.6. The number of nitrogens with one attached hydrogen (secondary N) is 2. The number of para-hydroxylation sites is 1. The zero-order valence-corrected chi connectivity index (χ0v) is 40.4. The second-order valence-electron chi connectivity index (χ2n) is 18.5. The van der Waals surface area contributed by atoms with Crippen molar-refractivity contribution in [1.82, 2.24) is 30.0 Å². The van der Waals surface area contributed by atoms with E-state index in [2.05, 4.69) is 43.6 Å². The number of hydrogen-bond donors (Lipinski definition) is 3. The van der Waals surface area contributed by atoms with E-state index in [0.29, 0.717) is 61.0 Å². The van der Waals surface area contributed by atoms with E-state index in [1.807, 2.05) is 96.3 Å². The van der Waals surface area contributed by atoms with Crippen molar-refractivity contribution in [2.24, 2.45) is 7.05 Å². The average Bonchev–Trinajstić information content (AvgIpc) is 3.94. The maximum Gasteiger partial charge on any atom is 0.355 e. The number of carbonyl (C=O) groups is 4. The van der Waals surface area contributed by atoms with E-state index >= 15 is 0 Å². The maximum atomic E-state index is 13.6. The minimum atomic E-state index is -1.11. The molecule has 3 aromatic heterocycles. The summed E-state index contributed by atoms with van der Waals surface area (Å²) in [5, 5.41) is 22.1. The fraction of sp³-hybridized carbons (Fsp3) is 0.352. The zero-order valence-electron chi connectivity index (χ0n) is 39.6. The molecule has 3 N–H and O–H groups in total. The summed E-state index contributed by atoms with van der Waals surface area (Å²) in [5.74, 6) is -0.953. The van der Waals surface area contributed by atoms with Crippen molar-refractivity contribution in [1.29, 1.82) is 0 Å². The molecule has 3 amide bonds. The number of pyridine rings is 1. The zero-order chi connectivity index (χ0) is 48.3. The molecular weight excluding hydrogens is 903 g/mol. The number of carbonyl (C=O) groups excluding carboxylic acids is 3. The van der Waals surface area contributed by atoms with Gasteiger partial charge in [0.2, 0.25) is 11.8 Å². The molecule has 6 heterocycles. The number of ether oxygens (including phenoxy) is 1. The van der Waals surface area contributed by atoms with E-state index in [4.69, 9.17) is 14.8 Å². The first-order valence-electron chi connectivity index (χ1n) is 24.4. The lowest BCUT2D eigenvalue weighted by atomic mass is 9.93. The van der Waals surface area contributed by atoms with Gasteiger partial charge in [-0.25, -0.2) is 14.8 Å². The third-order valence-electron chi connectivity index (χ3n) is 14.1. The van der Waals surface area contributed by atoms with Gasteiger partial charge in [0.25, 0.3) is 5.91 Å². The van der Waals surface area contributed by atoms with E-state index in [0.717, 1.165) is 125 Å². The minimum absolute atomic E-state index is 0.0293. The molecule has 70 heavy (non-hydrogen) atoms. The summed E-state index contributed by atoms with van der Waals surface area (Å²) in [6, 6.07) is 29.4. The predicted molar refractivity (Wildman–Crippen MR) is 273 cm³/mol. The Bertz CT molecular complexity index is 3090. The van der Waals surface area contributed by atoms with Gasteiger partial charge in [-0.1, -0.05) is 67.0 Å². The molecule has 16 heteroatoms. The number of imide groups is 1. The molecule has 15 nitrogen and oxygen atoms in total. The second-order valence-corrected chi connectivity index (χ2v) is 19.5. The van der Waals surface area contributed by atoms with Gasteiger partial charge in [-0.3, -0.25) is 34.6 Å². The van der Waals surface area contributed by atoms with Crippen LogP contribution in [0.2, 0.25) is 0 Å². The molecular formula is C54H57N9O6S. The highest BCUT2D eigenvalue weighted by molar-refractivity contribution is 7.22. The number of fused-ring (bicyclic) bond motifs is 3. The number of aryl methyl sites for hydroxylation is 1. The Morgan fingerprint density at radius 3 is 2.49 bits per heavy atom. The van der Waals surface area contributed by atoms with Crippen molar-refractivity contribution in [2.45, 2.75) is 70.8 Å². The summed E-state index contributed by atoms with van der Waals surface area (Å²) >= 11 is 1.43. The van der Waals surface area contributed by atoms with Crippen LogP contribution in [0, 0.1) is 6.92 Å². The first kappa shape index (κ1) is 46.6. The second kappa shape index (κ2) is 20.4. The van der Waals surface area contributed by atoms with Crippen LogP contribution in [0.1, 0.15) is 94.1 Å². The van der Waals surface area contributed by atoms with Gasteiger partial charge in [0, 0.05) is 74.9 Å². The SMILES string of the molecule is Cc1c(OCCCCCCCN2CCN(c3ccc4c(C5CCC(=O)NC5=O)nn(C)c4c3)CC2)cccc1-c1ccc(N2CCc3cccc(C(=O)Nc4nc5ccccc5s4)c3C2)nc1C(=O)O. The van der Waals surface area contributed by atoms with Gasteiger partial charge >= 0.3 is 5.97 Å². The van der Waals surface area contributed by atoms with Crippen molar-refractivity contribution < 1.29 is 29.0 Å². The number of thiazole rings is 1. The summed E-state index contributed by atoms with van der Waals surface area (Å²) in [7, 11) is 1.91. The van der Waals surface area contributed by atoms with Gasteiger partial charge < -0.3 is 19.6 Å². The highest BCUT2D eigenvalue weighted by Crippen LogP contribution is 2.36. The smallest absolute Gasteiger partial charge is 0.355 e. The van der Waals surface area contributed by atoms with Crippen LogP contribution in [0.25, 0.3) is 32.2 Å². The molecule has 10 rings (SSSR count). The first-order valence-corrected chi connectivity index (χ1v) is 25.2. The molecule has 0 spiro atoms. The molecule has 1 unspecified atom stereocenters. The third-order valence-corrected chi connectivity index (χ3v) is 15.0. The highest BCUT2D eigenvalue weighted by Gasteiger charge is 2.32. The number of aromatic nitrogens is 4. The van der Waals surface area contributed by atoms with E-state index in [1.165, 1.54) is 11.3 Å². The predicted octanol–water partition coefficient (Wildman–Crippen LogP) is 8.74. The molecule has 0 aliphatic carbocycles. The Labute approximate surface area is 410 Å². The molecule has 2 saturated heterocycles. The number of benzene rings is 4. The minimum Gasteiger partial charge on any atom is -0.493 e. The monoisotopic (exact) mass is 959 g/mol. The van der Waals surface area contributed by atoms with Gasteiger partial charge in [0.1, 0.15) is 11.6 Å². The number of rotatable bonds is 16. The van der Waals surface area contributed by atoms with Gasteiger partial charge in [-0.15, -0.1) is 0 Å². The standard InChI is InChI=1S/C54H57N9O6S/c1-34-37(38-20-22-47(56-50(38)53(67)68)63-26-24-35-12-10-14-39(42(35)33-63)51(65)58-54-55-43-15-6-7-17-46(43)70-54)13-11-16-45(34)69-31-9-5-3-4-8-25-61-27-29-62(30-28-61)36-18-19-40-44(32-36)60(2)59-49(40)41-21-23-48(64)57-52(41)66/h6-7,10-20,22,32,41H,3-5,8-9,21,23-31,33H2,1-2H3,(H,67,68)(H,55,58,65)(H,57,64,66). The fourth-order valence-corrected chi connectivity index (χ4v) is 11.1. The number of carboxylic acids is 1. The molecule has 4 aromatic carbocycles. The number of carboxylic acid groups (broad SMARTS) is 1. The summed E-state index contributed by atoms with van der Waals surface area (Å²) < 4.78 is 9.14. The number of piperazine rings is 1. The number of hydrogen-bond acceptors (Lipinski definition) is 12. The summed E-state index contributed by atoms with van der Waals surface area (Å²) in [6.45, 7) is 8.59. The average molecular weight is 960 g/mol. The fourth-order valence-electron chi connectivity index (χ4n) is 10.2. The largest absolute Gasteiger partial charge is 0.493 e. The lowest BCUT2D eigenvalue weighted by Crippen LogP contribution is -2.46. The maximum absolute atomic E-state index is 13.6. The van der Waals surface area contributed by atoms with Crippen LogP contribution in [0.3, 0.4) is 0 Å². The van der Waals surface area contributed by atoms with E-state index in [1.54, 1.807) is 0 Å². The van der Waals surface area contributed by atoms with E-state index in [9.17, 15) is 24.3 Å². The van der Waals surface area contributed by atoms with E-state index in [-0.39, 0.29) is 23.4 Å². The Balaban J connectivity index is 0.680. The van der Waals surface area contributed by atoms with Crippen molar-refractivity contribution >= 4 is 72.8 Å². The lowest BCUT2D eigenvalue weighted by molar-refractivity contribution is -0.134. The molecule has 2 fully saturated rings. The quantitative estimate of drug-likeness (QED) is 0.0622. The van der Waals surface area contributed by atoms with Crippen LogP contribution in [0.15, 0.2) is 91.0 Å². The number of unbranched alkanes of at least 4 members (excludes halogenated alkanes) is 4. The molecule has 3 aliphatic rings. The molecule has 7 aromatic rings. The van der Waals surface area contributed by atoms with Gasteiger partial charge in [0.05, 0.1) is 34.0 Å². The van der Waals surface area contributed by atoms with E-state index < -0.39 is 11.9 Å². The molecule has 3 aliphatic heterocycles. The molecule has 1 atom stereocenters. The van der Waals surface area contributed by atoms with Gasteiger partial charge in [-0.2, -0.15) is 5.10 Å². The number of aromatic carboxylic acids is 1. The topological polar surface area (TPSA) is 175 Å².